The lowest BCUT2D eigenvalue weighted by atomic mass is 9.89. The van der Waals surface area contributed by atoms with Gasteiger partial charge in [-0.25, -0.2) is 4.39 Å². The number of nitrogens with one attached hydrogen (secondary N) is 1. The molecule has 130 valence electrons. The van der Waals surface area contributed by atoms with Gasteiger partial charge in [0.15, 0.2) is 0 Å². The maximum Gasteiger partial charge on any atom is 0.247 e. The summed E-state index contributed by atoms with van der Waals surface area (Å²) >= 11 is 12.2. The highest BCUT2D eigenvalue weighted by Crippen LogP contribution is 2.36. The highest BCUT2D eigenvalue weighted by Gasteiger charge is 2.20. The van der Waals surface area contributed by atoms with E-state index >= 15 is 0 Å². The first-order valence-corrected chi connectivity index (χ1v) is 8.88. The van der Waals surface area contributed by atoms with Gasteiger partial charge >= 0.3 is 0 Å². The van der Waals surface area contributed by atoms with Gasteiger partial charge in [-0.2, -0.15) is 0 Å². The van der Waals surface area contributed by atoms with Crippen LogP contribution in [0.1, 0.15) is 30.9 Å². The van der Waals surface area contributed by atoms with Crippen LogP contribution < -0.4 is 5.32 Å². The Hall–Kier alpha value is -1.84. The van der Waals surface area contributed by atoms with Crippen LogP contribution in [0.5, 0.6) is 0 Å². The molecule has 0 spiro atoms. The molecule has 1 amide bonds. The van der Waals surface area contributed by atoms with E-state index in [0.717, 1.165) is 35.1 Å². The summed E-state index contributed by atoms with van der Waals surface area (Å²) in [6.07, 6.45) is 1.64. The predicted octanol–water partition coefficient (Wildman–Crippen LogP) is 5.79. The zero-order valence-electron chi connectivity index (χ0n) is 14.1. The zero-order valence-corrected chi connectivity index (χ0v) is 15.6. The molecule has 3 rings (SSSR count). The SMILES string of the molecule is C/C(=C1/CCCNC1=O)c1cc(Cl)cc(-c2ccc(Cl)cc2F)c1C. The molecule has 1 aliphatic rings. The fraction of sp³-hybridized carbons (Fsp3) is 0.250. The molecule has 2 aromatic rings. The highest BCUT2D eigenvalue weighted by atomic mass is 35.5. The van der Waals surface area contributed by atoms with E-state index in [1.165, 1.54) is 6.07 Å². The van der Waals surface area contributed by atoms with E-state index in [9.17, 15) is 9.18 Å². The molecule has 25 heavy (non-hydrogen) atoms. The van der Waals surface area contributed by atoms with E-state index in [2.05, 4.69) is 5.32 Å². The maximum atomic E-state index is 14.4. The molecule has 1 N–H and O–H groups in total. The molecule has 0 radical (unpaired) electrons. The molecule has 1 saturated heterocycles. The Balaban J connectivity index is 2.18. The third-order valence-electron chi connectivity index (χ3n) is 4.61. The van der Waals surface area contributed by atoms with Gasteiger partial charge in [-0.1, -0.05) is 23.2 Å². The second-order valence-electron chi connectivity index (χ2n) is 6.21. The minimum Gasteiger partial charge on any atom is -0.352 e. The first-order valence-electron chi connectivity index (χ1n) is 8.12. The predicted molar refractivity (Wildman–Crippen MR) is 101 cm³/mol. The first kappa shape index (κ1) is 18.0. The van der Waals surface area contributed by atoms with Crippen LogP contribution in [0.15, 0.2) is 35.9 Å². The molecule has 1 fully saturated rings. The van der Waals surface area contributed by atoms with Gasteiger partial charge in [-0.15, -0.1) is 0 Å². The lowest BCUT2D eigenvalue weighted by Gasteiger charge is -2.20. The second kappa shape index (κ2) is 7.19. The Morgan fingerprint density at radius 3 is 2.56 bits per heavy atom. The van der Waals surface area contributed by atoms with Crippen LogP contribution in [-0.2, 0) is 4.79 Å². The zero-order chi connectivity index (χ0) is 18.1. The number of hydrogen-bond acceptors (Lipinski definition) is 1. The van der Waals surface area contributed by atoms with Crippen molar-refractivity contribution in [3.05, 3.63) is 62.9 Å². The minimum absolute atomic E-state index is 0.0395. The van der Waals surface area contributed by atoms with E-state index in [-0.39, 0.29) is 5.91 Å². The van der Waals surface area contributed by atoms with Crippen molar-refractivity contribution in [2.45, 2.75) is 26.7 Å². The van der Waals surface area contributed by atoms with Crippen molar-refractivity contribution < 1.29 is 9.18 Å². The summed E-state index contributed by atoms with van der Waals surface area (Å²) in [5, 5.41) is 3.72. The van der Waals surface area contributed by atoms with Crippen molar-refractivity contribution in [1.29, 1.82) is 0 Å². The summed E-state index contributed by atoms with van der Waals surface area (Å²) in [6, 6.07) is 8.16. The van der Waals surface area contributed by atoms with E-state index in [0.29, 0.717) is 27.7 Å². The molecule has 1 heterocycles. The molecule has 0 atom stereocenters. The van der Waals surface area contributed by atoms with Gasteiger partial charge in [-0.05, 0) is 79.3 Å². The van der Waals surface area contributed by atoms with Crippen molar-refractivity contribution in [3.63, 3.8) is 0 Å². The average molecular weight is 378 g/mol. The van der Waals surface area contributed by atoms with E-state index in [1.54, 1.807) is 18.2 Å². The molecular weight excluding hydrogens is 360 g/mol. The lowest BCUT2D eigenvalue weighted by molar-refractivity contribution is -0.118. The molecule has 0 aromatic heterocycles. The number of rotatable bonds is 2. The smallest absolute Gasteiger partial charge is 0.247 e. The van der Waals surface area contributed by atoms with Crippen LogP contribution >= 0.6 is 23.2 Å². The third-order valence-corrected chi connectivity index (χ3v) is 5.07. The Morgan fingerprint density at radius 1 is 1.12 bits per heavy atom. The summed E-state index contributed by atoms with van der Waals surface area (Å²) in [7, 11) is 0. The molecular formula is C20H18Cl2FNO. The minimum atomic E-state index is -0.399. The number of hydrogen-bond donors (Lipinski definition) is 1. The molecule has 1 aliphatic heterocycles. The topological polar surface area (TPSA) is 29.1 Å². The molecule has 0 saturated carbocycles. The number of carbonyl (C=O) groups excluding carboxylic acids is 1. The van der Waals surface area contributed by atoms with Crippen LogP contribution in [0.4, 0.5) is 4.39 Å². The van der Waals surface area contributed by atoms with E-state index in [1.807, 2.05) is 19.9 Å². The van der Waals surface area contributed by atoms with Gasteiger partial charge in [0.25, 0.3) is 0 Å². The van der Waals surface area contributed by atoms with Gasteiger partial charge in [-0.3, -0.25) is 4.79 Å². The number of carbonyl (C=O) groups is 1. The van der Waals surface area contributed by atoms with Crippen molar-refractivity contribution in [3.8, 4) is 11.1 Å². The molecule has 0 aliphatic carbocycles. The Bertz CT molecular complexity index is 890. The van der Waals surface area contributed by atoms with Crippen molar-refractivity contribution in [2.24, 2.45) is 0 Å². The Kier molecular flexibility index (Phi) is 5.16. The van der Waals surface area contributed by atoms with Crippen LogP contribution in [-0.4, -0.2) is 12.5 Å². The van der Waals surface area contributed by atoms with Gasteiger partial charge in [0.2, 0.25) is 5.91 Å². The van der Waals surface area contributed by atoms with Gasteiger partial charge in [0.1, 0.15) is 5.82 Å². The van der Waals surface area contributed by atoms with Gasteiger partial charge < -0.3 is 5.32 Å². The second-order valence-corrected chi connectivity index (χ2v) is 7.09. The van der Waals surface area contributed by atoms with Crippen molar-refractivity contribution in [2.75, 3.05) is 6.54 Å². The molecule has 2 aromatic carbocycles. The number of piperidine rings is 1. The third kappa shape index (κ3) is 3.58. The number of halogens is 3. The highest BCUT2D eigenvalue weighted by molar-refractivity contribution is 6.31. The Morgan fingerprint density at radius 2 is 1.88 bits per heavy atom. The van der Waals surface area contributed by atoms with Crippen LogP contribution in [0.2, 0.25) is 10.0 Å². The van der Waals surface area contributed by atoms with Crippen LogP contribution in [0, 0.1) is 12.7 Å². The van der Waals surface area contributed by atoms with Gasteiger partial charge in [0.05, 0.1) is 0 Å². The average Bonchev–Trinajstić information content (AvgIpc) is 2.57. The molecule has 5 heteroatoms. The Labute approximate surface area is 156 Å². The summed E-state index contributed by atoms with van der Waals surface area (Å²) in [4.78, 5) is 12.2. The monoisotopic (exact) mass is 377 g/mol. The van der Waals surface area contributed by atoms with Crippen LogP contribution in [0.25, 0.3) is 16.7 Å². The summed E-state index contributed by atoms with van der Waals surface area (Å²) in [6.45, 7) is 4.53. The molecule has 0 unspecified atom stereocenters. The molecule has 2 nitrogen and oxygen atoms in total. The first-order chi connectivity index (χ1) is 11.9. The van der Waals surface area contributed by atoms with E-state index in [4.69, 9.17) is 23.2 Å². The summed E-state index contributed by atoms with van der Waals surface area (Å²) in [5.41, 5.74) is 4.54. The normalized spacial score (nSPS) is 16.6. The quantitative estimate of drug-likeness (QED) is 0.659. The number of amides is 1. The molecule has 0 bridgehead atoms. The van der Waals surface area contributed by atoms with E-state index < -0.39 is 5.82 Å². The number of allylic oxidation sites excluding steroid dienone is 1. The fourth-order valence-electron chi connectivity index (χ4n) is 3.26. The lowest BCUT2D eigenvalue weighted by Crippen LogP contribution is -2.31. The van der Waals surface area contributed by atoms with Crippen molar-refractivity contribution in [1.82, 2.24) is 5.32 Å². The maximum absolute atomic E-state index is 14.4. The summed E-state index contributed by atoms with van der Waals surface area (Å²) < 4.78 is 14.4. The fourth-order valence-corrected chi connectivity index (χ4v) is 3.64. The largest absolute Gasteiger partial charge is 0.352 e. The van der Waals surface area contributed by atoms with Crippen LogP contribution in [0.3, 0.4) is 0 Å². The standard InChI is InChI=1S/C20H18Cl2FNO/c1-11(15-4-3-7-24-20(15)25)17-8-14(22)9-18(12(17)2)16-6-5-13(21)10-19(16)23/h5-6,8-10H,3-4,7H2,1-2H3,(H,24,25)/b15-11+. The number of benzene rings is 2. The van der Waals surface area contributed by atoms with Gasteiger partial charge in [0, 0.05) is 27.7 Å². The van der Waals surface area contributed by atoms with Crippen molar-refractivity contribution >= 4 is 34.7 Å². The summed E-state index contributed by atoms with van der Waals surface area (Å²) in [5.74, 6) is -0.438.